The summed E-state index contributed by atoms with van der Waals surface area (Å²) in [5.41, 5.74) is -2.33. The molecule has 36 heavy (non-hydrogen) atoms. The zero-order valence-electron chi connectivity index (χ0n) is 19.6. The van der Waals surface area contributed by atoms with Gasteiger partial charge in [0.25, 0.3) is 5.91 Å². The summed E-state index contributed by atoms with van der Waals surface area (Å²) in [6.45, 7) is 2.78. The van der Waals surface area contributed by atoms with Gasteiger partial charge in [-0.2, -0.15) is 18.4 Å². The molecule has 11 heteroatoms. The summed E-state index contributed by atoms with van der Waals surface area (Å²) in [7, 11) is 2.09. The largest absolute Gasteiger partial charge is 0.494 e. The van der Waals surface area contributed by atoms with E-state index in [9.17, 15) is 18.0 Å². The Morgan fingerprint density at radius 2 is 1.92 bits per heavy atom. The normalized spacial score (nSPS) is 19.9. The number of halogens is 3. The Balaban J connectivity index is 1.38. The second kappa shape index (κ2) is 9.01. The number of carbonyl (C=O) groups is 1. The molecule has 3 heterocycles. The summed E-state index contributed by atoms with van der Waals surface area (Å²) in [6.07, 6.45) is -0.858. The van der Waals surface area contributed by atoms with Crippen LogP contribution in [0.5, 0.6) is 5.75 Å². The number of aromatic nitrogens is 1. The van der Waals surface area contributed by atoms with Gasteiger partial charge in [-0.25, -0.2) is 4.98 Å². The highest BCUT2D eigenvalue weighted by atomic mass is 32.1. The summed E-state index contributed by atoms with van der Waals surface area (Å²) < 4.78 is 46.5. The van der Waals surface area contributed by atoms with Gasteiger partial charge in [0, 0.05) is 18.8 Å². The van der Waals surface area contributed by atoms with Crippen molar-refractivity contribution in [3.8, 4) is 11.8 Å². The average molecular weight is 516 g/mol. The Kier molecular flexibility index (Phi) is 6.12. The molecule has 0 bridgehead atoms. The van der Waals surface area contributed by atoms with Crippen LogP contribution in [0, 0.1) is 17.2 Å². The minimum absolute atomic E-state index is 0.0853. The average Bonchev–Trinajstić information content (AvgIpc) is 3.04. The van der Waals surface area contributed by atoms with E-state index < -0.39 is 23.0 Å². The van der Waals surface area contributed by atoms with Crippen molar-refractivity contribution in [2.75, 3.05) is 36.5 Å². The number of amides is 1. The molecule has 1 saturated carbocycles. The van der Waals surface area contributed by atoms with Crippen molar-refractivity contribution in [1.29, 1.82) is 5.26 Å². The number of thiocarbonyl (C=S) groups is 1. The SMILES string of the molecule is CN1CC(CCOc2ccc(N3C(=S)N(c4cnc(C#N)c(C(F)(F)F)c4)C(=O)C34CCC4)cc2)C1. The third kappa shape index (κ3) is 4.08. The van der Waals surface area contributed by atoms with Gasteiger partial charge < -0.3 is 14.5 Å². The predicted molar refractivity (Wildman–Crippen MR) is 131 cm³/mol. The highest BCUT2D eigenvalue weighted by Crippen LogP contribution is 2.48. The predicted octanol–water partition coefficient (Wildman–Crippen LogP) is 4.36. The third-order valence-electron chi connectivity index (χ3n) is 7.16. The Bertz CT molecular complexity index is 1230. The summed E-state index contributed by atoms with van der Waals surface area (Å²) in [4.78, 5) is 22.3. The van der Waals surface area contributed by atoms with Crippen molar-refractivity contribution < 1.29 is 22.7 Å². The molecule has 5 rings (SSSR count). The Morgan fingerprint density at radius 3 is 2.47 bits per heavy atom. The van der Waals surface area contributed by atoms with Crippen molar-refractivity contribution in [1.82, 2.24) is 9.88 Å². The molecular weight excluding hydrogens is 491 g/mol. The van der Waals surface area contributed by atoms with Crippen molar-refractivity contribution in [3.05, 3.63) is 47.8 Å². The fourth-order valence-corrected chi connectivity index (χ4v) is 5.60. The molecule has 1 spiro atoms. The summed E-state index contributed by atoms with van der Waals surface area (Å²) in [6, 6.07) is 9.48. The molecule has 0 radical (unpaired) electrons. The summed E-state index contributed by atoms with van der Waals surface area (Å²) in [5.74, 6) is 0.971. The second-order valence-electron chi connectivity index (χ2n) is 9.56. The lowest BCUT2D eigenvalue weighted by Crippen LogP contribution is -2.55. The van der Waals surface area contributed by atoms with Crippen LogP contribution in [-0.4, -0.2) is 53.2 Å². The van der Waals surface area contributed by atoms with E-state index in [1.165, 1.54) is 6.07 Å². The highest BCUT2D eigenvalue weighted by Gasteiger charge is 2.59. The maximum Gasteiger partial charge on any atom is 0.419 e. The van der Waals surface area contributed by atoms with Crippen LogP contribution in [0.4, 0.5) is 24.5 Å². The number of ether oxygens (including phenoxy) is 1. The van der Waals surface area contributed by atoms with E-state index in [0.29, 0.717) is 36.8 Å². The van der Waals surface area contributed by atoms with Crippen LogP contribution in [0.15, 0.2) is 36.5 Å². The number of nitriles is 1. The Morgan fingerprint density at radius 1 is 1.22 bits per heavy atom. The lowest BCUT2D eigenvalue weighted by Gasteiger charge is -2.43. The standard InChI is InChI=1S/C25H24F3N5O2S/c1-31-14-16(15-31)7-10-35-19-5-3-17(4-6-19)33-23(36)32(22(34)24(33)8-2-9-24)18-11-20(25(26,27)28)21(12-29)30-13-18/h3-6,11,13,16H,2,7-10,14-15H2,1H3. The lowest BCUT2D eigenvalue weighted by molar-refractivity contribution is -0.138. The van der Waals surface area contributed by atoms with Crippen molar-refractivity contribution >= 4 is 34.6 Å². The van der Waals surface area contributed by atoms with E-state index in [1.807, 2.05) is 24.3 Å². The van der Waals surface area contributed by atoms with E-state index in [-0.39, 0.29) is 16.7 Å². The van der Waals surface area contributed by atoms with Gasteiger partial charge in [-0.15, -0.1) is 0 Å². The molecule has 2 aromatic rings. The van der Waals surface area contributed by atoms with E-state index in [4.69, 9.17) is 22.2 Å². The first-order valence-corrected chi connectivity index (χ1v) is 12.1. The van der Waals surface area contributed by atoms with Gasteiger partial charge in [0.15, 0.2) is 10.8 Å². The molecule has 3 fully saturated rings. The van der Waals surface area contributed by atoms with Gasteiger partial charge in [0.1, 0.15) is 17.4 Å². The van der Waals surface area contributed by atoms with Gasteiger partial charge in [0.05, 0.1) is 24.1 Å². The molecule has 2 aliphatic heterocycles. The monoisotopic (exact) mass is 515 g/mol. The Labute approximate surface area is 212 Å². The van der Waals surface area contributed by atoms with E-state index in [1.54, 1.807) is 4.90 Å². The van der Waals surface area contributed by atoms with Crippen LogP contribution in [0.1, 0.15) is 36.9 Å². The number of benzene rings is 1. The van der Waals surface area contributed by atoms with Crippen LogP contribution in [0.3, 0.4) is 0 Å². The molecule has 2 saturated heterocycles. The smallest absolute Gasteiger partial charge is 0.419 e. The minimum atomic E-state index is -4.79. The van der Waals surface area contributed by atoms with Crippen molar-refractivity contribution in [3.63, 3.8) is 0 Å². The van der Waals surface area contributed by atoms with Crippen molar-refractivity contribution in [2.24, 2.45) is 5.92 Å². The first kappa shape index (κ1) is 24.5. The number of anilines is 2. The molecule has 7 nitrogen and oxygen atoms in total. The number of rotatable bonds is 6. The van der Waals surface area contributed by atoms with E-state index in [2.05, 4.69) is 16.9 Å². The number of carbonyl (C=O) groups excluding carboxylic acids is 1. The zero-order valence-corrected chi connectivity index (χ0v) is 20.4. The quantitative estimate of drug-likeness (QED) is 0.530. The number of nitrogens with zero attached hydrogens (tertiary/aromatic N) is 5. The van der Waals surface area contributed by atoms with Gasteiger partial charge in [-0.3, -0.25) is 9.69 Å². The lowest BCUT2D eigenvalue weighted by atomic mass is 9.75. The van der Waals surface area contributed by atoms with Gasteiger partial charge in [-0.05, 0) is 81.2 Å². The van der Waals surface area contributed by atoms with E-state index in [0.717, 1.165) is 43.1 Å². The molecule has 188 valence electrons. The number of likely N-dealkylation sites (tertiary alicyclic amines) is 1. The molecule has 1 aliphatic carbocycles. The molecule has 0 unspecified atom stereocenters. The fourth-order valence-electron chi connectivity index (χ4n) is 5.13. The van der Waals surface area contributed by atoms with Crippen molar-refractivity contribution in [2.45, 2.75) is 37.4 Å². The number of hydrogen-bond donors (Lipinski definition) is 0. The van der Waals surface area contributed by atoms with Gasteiger partial charge >= 0.3 is 6.18 Å². The Hall–Kier alpha value is -3.23. The molecule has 0 atom stereocenters. The number of hydrogen-bond acceptors (Lipinski definition) is 6. The van der Waals surface area contributed by atoms with Crippen LogP contribution in [0.25, 0.3) is 0 Å². The van der Waals surface area contributed by atoms with Crippen LogP contribution < -0.4 is 14.5 Å². The number of pyridine rings is 1. The number of alkyl halides is 3. The molecular formula is C25H24F3N5O2S. The van der Waals surface area contributed by atoms with Gasteiger partial charge in [0.2, 0.25) is 0 Å². The fraction of sp³-hybridized carbons (Fsp3) is 0.440. The van der Waals surface area contributed by atoms with Crippen LogP contribution >= 0.6 is 12.2 Å². The molecule has 1 amide bonds. The topological polar surface area (TPSA) is 72.7 Å². The van der Waals surface area contributed by atoms with Crippen LogP contribution in [-0.2, 0) is 11.0 Å². The van der Waals surface area contributed by atoms with Crippen LogP contribution in [0.2, 0.25) is 0 Å². The highest BCUT2D eigenvalue weighted by molar-refractivity contribution is 7.81. The summed E-state index contributed by atoms with van der Waals surface area (Å²) >= 11 is 5.63. The molecule has 1 aromatic carbocycles. The first-order valence-electron chi connectivity index (χ1n) is 11.7. The third-order valence-corrected chi connectivity index (χ3v) is 7.53. The van der Waals surface area contributed by atoms with Gasteiger partial charge in [-0.1, -0.05) is 0 Å². The first-order chi connectivity index (χ1) is 17.1. The maximum atomic E-state index is 13.5. The molecule has 0 N–H and O–H groups in total. The molecule has 3 aliphatic rings. The van der Waals surface area contributed by atoms with E-state index >= 15 is 0 Å². The zero-order chi connectivity index (χ0) is 25.7. The summed E-state index contributed by atoms with van der Waals surface area (Å²) in [5, 5.41) is 9.14. The second-order valence-corrected chi connectivity index (χ2v) is 9.93. The molecule has 1 aromatic heterocycles. The maximum absolute atomic E-state index is 13.5. The minimum Gasteiger partial charge on any atom is -0.494 e.